The summed E-state index contributed by atoms with van der Waals surface area (Å²) in [4.78, 5) is 36.5. The Morgan fingerprint density at radius 2 is 1.59 bits per heavy atom. The normalized spacial score (nSPS) is 13.6. The predicted octanol–water partition coefficient (Wildman–Crippen LogP) is 2.54. The number of alkyl carbamates (subject to hydrolysis) is 1. The molecule has 0 aromatic heterocycles. The van der Waals surface area contributed by atoms with Crippen LogP contribution in [0.1, 0.15) is 42.7 Å². The maximum Gasteiger partial charge on any atom is 0.407 e. The molecule has 1 aliphatic rings. The minimum absolute atomic E-state index is 0.0641. The van der Waals surface area contributed by atoms with Gasteiger partial charge in [0.05, 0.1) is 6.07 Å². The molecule has 178 valence electrons. The average molecular weight is 466 g/mol. The van der Waals surface area contributed by atoms with E-state index in [9.17, 15) is 19.5 Å². The molecule has 3 rings (SSSR count). The highest BCUT2D eigenvalue weighted by molar-refractivity contribution is 5.89. The summed E-state index contributed by atoms with van der Waals surface area (Å²) in [6.45, 7) is -0.356. The average Bonchev–Trinajstić information content (AvgIpc) is 3.15. The van der Waals surface area contributed by atoms with Crippen molar-refractivity contribution in [1.82, 2.24) is 10.6 Å². The highest BCUT2D eigenvalue weighted by atomic mass is 16.5. The second-order valence-corrected chi connectivity index (χ2v) is 7.98. The van der Waals surface area contributed by atoms with Gasteiger partial charge in [-0.25, -0.2) is 9.59 Å². The van der Waals surface area contributed by atoms with E-state index in [1.807, 2.05) is 54.6 Å². The first kappa shape index (κ1) is 24.7. The number of carbonyl (C=O) groups is 3. The number of unbranched alkanes of at least 4 members (excludes halogenated alkanes) is 1. The van der Waals surface area contributed by atoms with Gasteiger partial charge in [-0.2, -0.15) is 5.26 Å². The lowest BCUT2D eigenvalue weighted by Gasteiger charge is -2.21. The smallest absolute Gasteiger partial charge is 0.407 e. The Balaban J connectivity index is 1.66. The molecule has 0 bridgehead atoms. The maximum absolute atomic E-state index is 12.6. The molecule has 0 spiro atoms. The van der Waals surface area contributed by atoms with E-state index in [1.165, 1.54) is 0 Å². The summed E-state index contributed by atoms with van der Waals surface area (Å²) in [7, 11) is 0. The lowest BCUT2D eigenvalue weighted by molar-refractivity contribution is -0.142. The molecule has 2 aromatic rings. The van der Waals surface area contributed by atoms with Gasteiger partial charge in [0.2, 0.25) is 5.91 Å². The second kappa shape index (κ2) is 11.8. The zero-order valence-corrected chi connectivity index (χ0v) is 18.6. The van der Waals surface area contributed by atoms with Crippen LogP contribution in [-0.2, 0) is 14.3 Å². The van der Waals surface area contributed by atoms with Crippen LogP contribution < -0.4 is 10.6 Å². The molecule has 0 saturated heterocycles. The number of carboxylic acids is 1. The van der Waals surface area contributed by atoms with Crippen LogP contribution in [0.3, 0.4) is 0 Å². The van der Waals surface area contributed by atoms with E-state index < -0.39 is 36.7 Å². The molecule has 4 N–H and O–H groups in total. The molecule has 34 heavy (non-hydrogen) atoms. The summed E-state index contributed by atoms with van der Waals surface area (Å²) in [5.74, 6) is -2.16. The van der Waals surface area contributed by atoms with Crippen LogP contribution >= 0.6 is 0 Å². The van der Waals surface area contributed by atoms with E-state index in [0.717, 1.165) is 22.3 Å². The number of nitrogens with one attached hydrogen (secondary N) is 2. The second-order valence-electron chi connectivity index (χ2n) is 7.98. The highest BCUT2D eigenvalue weighted by Gasteiger charge is 2.30. The van der Waals surface area contributed by atoms with Gasteiger partial charge in [-0.3, -0.25) is 4.79 Å². The Labute approximate surface area is 197 Å². The van der Waals surface area contributed by atoms with Gasteiger partial charge in [0.25, 0.3) is 0 Å². The van der Waals surface area contributed by atoms with Gasteiger partial charge in [-0.15, -0.1) is 0 Å². The van der Waals surface area contributed by atoms with Crippen molar-refractivity contribution in [1.29, 1.82) is 5.26 Å². The molecule has 2 aromatic carbocycles. The fraction of sp³-hybridized carbons (Fsp3) is 0.360. The number of carbonyl (C=O) groups excluding carboxylic acids is 2. The quantitative estimate of drug-likeness (QED) is 0.373. The Hall–Kier alpha value is -3.90. The summed E-state index contributed by atoms with van der Waals surface area (Å²) in [6, 6.07) is 15.4. The number of carboxylic acid groups (broad SMARTS) is 1. The number of amides is 2. The van der Waals surface area contributed by atoms with E-state index in [4.69, 9.17) is 15.1 Å². The number of ether oxygens (including phenoxy) is 1. The number of aliphatic hydroxyl groups excluding tert-OH is 1. The SMILES string of the molecule is N#CCCCC(NC(=O)OCC1c2ccccc2-c2ccccc21)C(=O)N[C@H](CCO)C(=O)O. The molecule has 9 heteroatoms. The third-order valence-electron chi connectivity index (χ3n) is 5.77. The third-order valence-corrected chi connectivity index (χ3v) is 5.77. The largest absolute Gasteiger partial charge is 0.480 e. The molecule has 1 unspecified atom stereocenters. The lowest BCUT2D eigenvalue weighted by Crippen LogP contribution is -2.52. The monoisotopic (exact) mass is 465 g/mol. The van der Waals surface area contributed by atoms with Crippen LogP contribution in [0.4, 0.5) is 4.79 Å². The summed E-state index contributed by atoms with van der Waals surface area (Å²) in [6.07, 6.45) is -0.343. The number of nitriles is 1. The van der Waals surface area contributed by atoms with Crippen molar-refractivity contribution in [3.63, 3.8) is 0 Å². The minimum Gasteiger partial charge on any atom is -0.480 e. The van der Waals surface area contributed by atoms with E-state index in [1.54, 1.807) is 0 Å². The highest BCUT2D eigenvalue weighted by Crippen LogP contribution is 2.44. The van der Waals surface area contributed by atoms with Crippen LogP contribution in [-0.4, -0.2) is 53.5 Å². The van der Waals surface area contributed by atoms with Gasteiger partial charge in [-0.05, 0) is 35.1 Å². The summed E-state index contributed by atoms with van der Waals surface area (Å²) < 4.78 is 5.48. The number of hydrogen-bond donors (Lipinski definition) is 4. The van der Waals surface area contributed by atoms with Crippen LogP contribution in [0.15, 0.2) is 48.5 Å². The minimum atomic E-state index is -1.29. The predicted molar refractivity (Wildman–Crippen MR) is 123 cm³/mol. The molecule has 2 atom stereocenters. The molecule has 9 nitrogen and oxygen atoms in total. The lowest BCUT2D eigenvalue weighted by atomic mass is 9.98. The maximum atomic E-state index is 12.6. The summed E-state index contributed by atoms with van der Waals surface area (Å²) in [5, 5.41) is 31.8. The Kier molecular flexibility index (Phi) is 8.60. The first-order valence-corrected chi connectivity index (χ1v) is 11.1. The van der Waals surface area contributed by atoms with Crippen molar-refractivity contribution in [2.45, 2.75) is 43.7 Å². The van der Waals surface area contributed by atoms with Crippen LogP contribution in [0.25, 0.3) is 11.1 Å². The van der Waals surface area contributed by atoms with Crippen molar-refractivity contribution in [3.8, 4) is 17.2 Å². The molecular formula is C25H27N3O6. The van der Waals surface area contributed by atoms with Gasteiger partial charge in [-0.1, -0.05) is 48.5 Å². The van der Waals surface area contributed by atoms with Gasteiger partial charge in [0.1, 0.15) is 18.7 Å². The molecular weight excluding hydrogens is 438 g/mol. The Morgan fingerprint density at radius 3 is 2.15 bits per heavy atom. The van der Waals surface area contributed by atoms with Crippen LogP contribution in [0.5, 0.6) is 0 Å². The zero-order valence-electron chi connectivity index (χ0n) is 18.6. The number of aliphatic carboxylic acids is 1. The number of nitrogens with zero attached hydrogens (tertiary/aromatic N) is 1. The van der Waals surface area contributed by atoms with Crippen molar-refractivity contribution in [2.24, 2.45) is 0 Å². The summed E-state index contributed by atoms with van der Waals surface area (Å²) >= 11 is 0. The van der Waals surface area contributed by atoms with Crippen molar-refractivity contribution in [2.75, 3.05) is 13.2 Å². The molecule has 1 aliphatic carbocycles. The van der Waals surface area contributed by atoms with Crippen LogP contribution in [0.2, 0.25) is 0 Å². The van der Waals surface area contributed by atoms with Crippen molar-refractivity contribution >= 4 is 18.0 Å². The van der Waals surface area contributed by atoms with E-state index in [0.29, 0.717) is 6.42 Å². The first-order valence-electron chi connectivity index (χ1n) is 11.1. The Bertz CT molecular complexity index is 1030. The van der Waals surface area contributed by atoms with E-state index in [-0.39, 0.29) is 31.8 Å². The van der Waals surface area contributed by atoms with Gasteiger partial charge < -0.3 is 25.6 Å². The summed E-state index contributed by atoms with van der Waals surface area (Å²) in [5.41, 5.74) is 4.27. The zero-order chi connectivity index (χ0) is 24.5. The fourth-order valence-corrected chi connectivity index (χ4v) is 4.10. The molecule has 0 heterocycles. The third kappa shape index (κ3) is 5.91. The Morgan fingerprint density at radius 1 is 0.971 bits per heavy atom. The van der Waals surface area contributed by atoms with Gasteiger partial charge in [0.15, 0.2) is 0 Å². The number of benzene rings is 2. The van der Waals surface area contributed by atoms with Gasteiger partial charge >= 0.3 is 12.1 Å². The van der Waals surface area contributed by atoms with Gasteiger partial charge in [0, 0.05) is 25.4 Å². The molecule has 2 amide bonds. The molecule has 0 radical (unpaired) electrons. The fourth-order valence-electron chi connectivity index (χ4n) is 4.10. The van der Waals surface area contributed by atoms with Crippen molar-refractivity contribution < 1.29 is 29.3 Å². The number of hydrogen-bond acceptors (Lipinski definition) is 6. The van der Waals surface area contributed by atoms with E-state index >= 15 is 0 Å². The molecule has 0 fully saturated rings. The molecule has 0 saturated carbocycles. The van der Waals surface area contributed by atoms with E-state index in [2.05, 4.69) is 10.6 Å². The number of rotatable bonds is 11. The molecule has 0 aliphatic heterocycles. The van der Waals surface area contributed by atoms with Crippen molar-refractivity contribution in [3.05, 3.63) is 59.7 Å². The number of fused-ring (bicyclic) bond motifs is 3. The number of aliphatic hydroxyl groups is 1. The first-order chi connectivity index (χ1) is 16.5. The van der Waals surface area contributed by atoms with Crippen LogP contribution in [0, 0.1) is 11.3 Å². The topological polar surface area (TPSA) is 149 Å². The standard InChI is InChI=1S/C25H27N3O6/c26-13-6-5-11-21(23(30)27-22(12-14-29)24(31)32)28-25(33)34-15-20-18-9-3-1-7-16(18)17-8-2-4-10-19(17)20/h1-4,7-10,20-22,29H,5-6,11-12,14-15H2,(H,27,30)(H,28,33)(H,31,32)/t21?,22-/m1/s1.